The molecule has 1 saturated heterocycles. The van der Waals surface area contributed by atoms with Crippen LogP contribution in [0.15, 0.2) is 29.3 Å². The van der Waals surface area contributed by atoms with E-state index in [9.17, 15) is 15.2 Å². The molecule has 1 unspecified atom stereocenters. The van der Waals surface area contributed by atoms with Crippen LogP contribution in [0, 0.1) is 15.5 Å². The molecule has 0 bridgehead atoms. The van der Waals surface area contributed by atoms with E-state index >= 15 is 0 Å². The van der Waals surface area contributed by atoms with Gasteiger partial charge >= 0.3 is 0 Å². The van der Waals surface area contributed by atoms with E-state index in [1.807, 2.05) is 13.0 Å². The van der Waals surface area contributed by atoms with Crippen molar-refractivity contribution in [3.05, 3.63) is 39.9 Å². The topological polar surface area (TPSA) is 109 Å². The summed E-state index contributed by atoms with van der Waals surface area (Å²) >= 11 is 0. The predicted molar refractivity (Wildman–Crippen MR) is 111 cm³/mol. The molecule has 3 N–H and O–H groups in total. The molecule has 1 aromatic rings. The molecule has 0 radical (unpaired) electrons. The summed E-state index contributed by atoms with van der Waals surface area (Å²) in [5.74, 6) is 0.651. The number of aliphatic imine (C=N–C) groups is 1. The van der Waals surface area contributed by atoms with E-state index < -0.39 is 4.92 Å². The maximum atomic E-state index is 10.9. The third-order valence-electron chi connectivity index (χ3n) is 4.34. The minimum Gasteiger partial charge on any atom is -0.396 e. The van der Waals surface area contributed by atoms with Crippen molar-refractivity contribution in [2.24, 2.45) is 10.4 Å². The molecule has 0 saturated carbocycles. The largest absolute Gasteiger partial charge is 0.396 e. The minimum absolute atomic E-state index is 0. The maximum absolute atomic E-state index is 10.9. The molecule has 2 rings (SSSR count). The Labute approximate surface area is 170 Å². The Morgan fingerprint density at radius 3 is 2.88 bits per heavy atom. The Balaban J connectivity index is 0.00000338. The van der Waals surface area contributed by atoms with Crippen LogP contribution in [0.4, 0.5) is 5.69 Å². The van der Waals surface area contributed by atoms with E-state index in [0.717, 1.165) is 12.0 Å². The van der Waals surface area contributed by atoms with Crippen LogP contribution in [0.5, 0.6) is 0 Å². The summed E-state index contributed by atoms with van der Waals surface area (Å²) in [7, 11) is 0. The van der Waals surface area contributed by atoms with Crippen molar-refractivity contribution in [2.45, 2.75) is 26.3 Å². The number of hydrogen-bond acceptors (Lipinski definition) is 5. The fraction of sp³-hybridized carbons (Fsp3) is 0.588. The van der Waals surface area contributed by atoms with Gasteiger partial charge in [-0.25, -0.2) is 4.99 Å². The Morgan fingerprint density at radius 1 is 1.46 bits per heavy atom. The SMILES string of the molecule is CCNC(=NCc1cccc([N+](=O)[O-])c1)NCC1(CCO)CCOC1.I. The second-order valence-corrected chi connectivity index (χ2v) is 6.25. The molecule has 1 aliphatic heterocycles. The van der Waals surface area contributed by atoms with Crippen molar-refractivity contribution in [1.82, 2.24) is 10.6 Å². The summed E-state index contributed by atoms with van der Waals surface area (Å²) in [6.45, 7) is 5.17. The lowest BCUT2D eigenvalue weighted by molar-refractivity contribution is -0.384. The van der Waals surface area contributed by atoms with Gasteiger partial charge < -0.3 is 20.5 Å². The van der Waals surface area contributed by atoms with E-state index in [0.29, 0.717) is 45.2 Å². The first kappa shape index (κ1) is 22.6. The number of nitro benzene ring substituents is 1. The molecule has 0 aromatic heterocycles. The number of nitrogens with one attached hydrogen (secondary N) is 2. The summed E-state index contributed by atoms with van der Waals surface area (Å²) in [6, 6.07) is 6.48. The molecule has 1 aliphatic rings. The van der Waals surface area contributed by atoms with Crippen molar-refractivity contribution < 1.29 is 14.8 Å². The third kappa shape index (κ3) is 6.69. The first-order valence-electron chi connectivity index (χ1n) is 8.53. The highest BCUT2D eigenvalue weighted by Crippen LogP contribution is 2.31. The van der Waals surface area contributed by atoms with E-state index in [1.165, 1.54) is 12.1 Å². The second kappa shape index (κ2) is 11.3. The van der Waals surface area contributed by atoms with Gasteiger partial charge in [-0.15, -0.1) is 24.0 Å². The molecule has 1 heterocycles. The Hall–Kier alpha value is -1.46. The van der Waals surface area contributed by atoms with E-state index in [2.05, 4.69) is 15.6 Å². The van der Waals surface area contributed by atoms with Crippen LogP contribution in [0.2, 0.25) is 0 Å². The van der Waals surface area contributed by atoms with Crippen molar-refractivity contribution in [3.63, 3.8) is 0 Å². The lowest BCUT2D eigenvalue weighted by Crippen LogP contribution is -2.44. The van der Waals surface area contributed by atoms with Gasteiger partial charge in [0.05, 0.1) is 18.1 Å². The summed E-state index contributed by atoms with van der Waals surface area (Å²) in [5, 5.41) is 26.6. The molecular weight excluding hydrogens is 451 g/mol. The number of non-ortho nitro benzene ring substituents is 1. The van der Waals surface area contributed by atoms with Gasteiger partial charge in [0.2, 0.25) is 0 Å². The monoisotopic (exact) mass is 478 g/mol. The normalized spacial score (nSPS) is 19.7. The standard InChI is InChI=1S/C17H26N4O4.HI/c1-2-18-16(20-12-17(6-8-22)7-9-25-13-17)19-11-14-4-3-5-15(10-14)21(23)24;/h3-5,10,22H,2,6-9,11-13H2,1H3,(H2,18,19,20);1H. The molecule has 1 fully saturated rings. The van der Waals surface area contributed by atoms with Gasteiger partial charge in [-0.2, -0.15) is 0 Å². The van der Waals surface area contributed by atoms with Crippen LogP contribution in [0.3, 0.4) is 0 Å². The molecule has 0 aliphatic carbocycles. The van der Waals surface area contributed by atoms with Gasteiger partial charge in [0.1, 0.15) is 0 Å². The van der Waals surface area contributed by atoms with E-state index in [4.69, 9.17) is 4.74 Å². The zero-order chi connectivity index (χ0) is 18.1. The fourth-order valence-corrected chi connectivity index (χ4v) is 2.86. The number of aliphatic hydroxyl groups excluding tert-OH is 1. The predicted octanol–water partition coefficient (Wildman–Crippen LogP) is 2.06. The number of halogens is 1. The minimum atomic E-state index is -0.407. The van der Waals surface area contributed by atoms with Crippen LogP contribution in [-0.4, -0.2) is 48.9 Å². The number of nitro groups is 1. The Bertz CT molecular complexity index is 606. The molecule has 0 amide bonds. The zero-order valence-electron chi connectivity index (χ0n) is 14.9. The van der Waals surface area contributed by atoms with E-state index in [1.54, 1.807) is 6.07 Å². The van der Waals surface area contributed by atoms with Crippen LogP contribution < -0.4 is 10.6 Å². The molecule has 146 valence electrons. The highest BCUT2D eigenvalue weighted by molar-refractivity contribution is 14.0. The quantitative estimate of drug-likeness (QED) is 0.174. The van der Waals surface area contributed by atoms with Crippen LogP contribution in [0.1, 0.15) is 25.3 Å². The molecule has 1 aromatic carbocycles. The maximum Gasteiger partial charge on any atom is 0.269 e. The Kier molecular flexibility index (Phi) is 9.81. The van der Waals surface area contributed by atoms with Crippen molar-refractivity contribution in [2.75, 3.05) is 32.9 Å². The van der Waals surface area contributed by atoms with Gasteiger partial charge in [-0.1, -0.05) is 12.1 Å². The molecular formula is C17H27IN4O4. The van der Waals surface area contributed by atoms with Crippen LogP contribution in [-0.2, 0) is 11.3 Å². The summed E-state index contributed by atoms with van der Waals surface area (Å²) in [4.78, 5) is 15.0. The van der Waals surface area contributed by atoms with Gasteiger partial charge in [0.15, 0.2) is 5.96 Å². The number of benzene rings is 1. The summed E-state index contributed by atoms with van der Waals surface area (Å²) in [5.41, 5.74) is 0.771. The summed E-state index contributed by atoms with van der Waals surface area (Å²) < 4.78 is 5.49. The van der Waals surface area contributed by atoms with Gasteiger partial charge in [-0.05, 0) is 25.3 Å². The number of hydrogen-bond donors (Lipinski definition) is 3. The highest BCUT2D eigenvalue weighted by atomic mass is 127. The second-order valence-electron chi connectivity index (χ2n) is 6.25. The van der Waals surface area contributed by atoms with Gasteiger partial charge in [0.25, 0.3) is 5.69 Å². The van der Waals surface area contributed by atoms with Crippen LogP contribution in [0.25, 0.3) is 0 Å². The van der Waals surface area contributed by atoms with Crippen molar-refractivity contribution in [1.29, 1.82) is 0 Å². The van der Waals surface area contributed by atoms with Gasteiger partial charge in [-0.3, -0.25) is 10.1 Å². The number of aliphatic hydroxyl groups is 1. The molecule has 9 heteroatoms. The number of guanidine groups is 1. The van der Waals surface area contributed by atoms with E-state index in [-0.39, 0.29) is 41.7 Å². The summed E-state index contributed by atoms with van der Waals surface area (Å²) in [6.07, 6.45) is 1.59. The van der Waals surface area contributed by atoms with Crippen LogP contribution >= 0.6 is 24.0 Å². The Morgan fingerprint density at radius 2 is 2.27 bits per heavy atom. The average Bonchev–Trinajstić information content (AvgIpc) is 3.07. The van der Waals surface area contributed by atoms with Gasteiger partial charge in [0, 0.05) is 43.9 Å². The first-order valence-corrected chi connectivity index (χ1v) is 8.53. The lowest BCUT2D eigenvalue weighted by atomic mass is 9.84. The lowest BCUT2D eigenvalue weighted by Gasteiger charge is -2.27. The number of ether oxygens (including phenoxy) is 1. The number of rotatable bonds is 8. The molecule has 8 nitrogen and oxygen atoms in total. The molecule has 26 heavy (non-hydrogen) atoms. The fourth-order valence-electron chi connectivity index (χ4n) is 2.86. The smallest absolute Gasteiger partial charge is 0.269 e. The number of nitrogens with zero attached hydrogens (tertiary/aromatic N) is 2. The highest BCUT2D eigenvalue weighted by Gasteiger charge is 2.34. The average molecular weight is 478 g/mol. The van der Waals surface area contributed by atoms with Crippen molar-refractivity contribution >= 4 is 35.6 Å². The van der Waals surface area contributed by atoms with Crippen molar-refractivity contribution in [3.8, 4) is 0 Å². The zero-order valence-corrected chi connectivity index (χ0v) is 17.3. The molecule has 0 spiro atoms. The first-order chi connectivity index (χ1) is 12.1. The molecule has 1 atom stereocenters. The third-order valence-corrected chi connectivity index (χ3v) is 4.34.